The number of aromatic nitrogens is 1. The van der Waals surface area contributed by atoms with E-state index in [0.717, 1.165) is 36.5 Å². The molecule has 3 heterocycles. The van der Waals surface area contributed by atoms with Crippen molar-refractivity contribution in [2.24, 2.45) is 5.92 Å². The Labute approximate surface area is 495 Å². The van der Waals surface area contributed by atoms with E-state index >= 15 is 0 Å². The highest BCUT2D eigenvalue weighted by Crippen LogP contribution is 2.27. The number of amides is 4. The lowest BCUT2D eigenvalue weighted by atomic mass is 9.96. The first-order valence-electron chi connectivity index (χ1n) is 28.5. The van der Waals surface area contributed by atoms with Crippen LogP contribution in [0.3, 0.4) is 0 Å². The molecule has 85 heavy (non-hydrogen) atoms. The molecule has 1 atom stereocenters. The van der Waals surface area contributed by atoms with Crippen LogP contribution in [0, 0.1) is 19.8 Å². The fraction of sp³-hybridized carbons (Fsp3) is 0.561. The number of sulfonamides is 1. The second kappa shape index (κ2) is 35.8. The average Bonchev–Trinajstić information content (AvgIpc) is 3.65. The quantitative estimate of drug-likeness (QED) is 0.0364. The van der Waals surface area contributed by atoms with Gasteiger partial charge in [0.05, 0.1) is 51.0 Å². The summed E-state index contributed by atoms with van der Waals surface area (Å²) in [4.78, 5) is 107. The monoisotopic (exact) mass is 1210 g/mol. The van der Waals surface area contributed by atoms with Crippen LogP contribution in [0.1, 0.15) is 76.8 Å². The second-order valence-electron chi connectivity index (χ2n) is 21.0. The van der Waals surface area contributed by atoms with Crippen LogP contribution in [0.4, 0.5) is 5.82 Å². The Morgan fingerprint density at radius 1 is 0.682 bits per heavy atom. The minimum absolute atomic E-state index is 0.0316. The Hall–Kier alpha value is -7.34. The second-order valence-corrected chi connectivity index (χ2v) is 22.6. The minimum Gasteiger partial charge on any atom is -0.494 e. The van der Waals surface area contributed by atoms with Gasteiger partial charge in [-0.3, -0.25) is 53.1 Å². The highest BCUT2D eigenvalue weighted by molar-refractivity contribution is 7.89. The zero-order valence-corrected chi connectivity index (χ0v) is 49.2. The predicted molar refractivity (Wildman–Crippen MR) is 310 cm³/mol. The number of carbonyl (C=O) groups is 8. The average molecular weight is 1210 g/mol. The number of carboxylic acid groups (broad SMARTS) is 4. The summed E-state index contributed by atoms with van der Waals surface area (Å²) < 4.78 is 46.0. The largest absolute Gasteiger partial charge is 0.494 e. The van der Waals surface area contributed by atoms with E-state index in [9.17, 15) is 67.2 Å². The van der Waals surface area contributed by atoms with Crippen LogP contribution >= 0.6 is 0 Å². The van der Waals surface area contributed by atoms with Crippen molar-refractivity contribution in [3.8, 4) is 5.75 Å². The minimum atomic E-state index is -4.39. The first-order chi connectivity index (χ1) is 40.6. The fourth-order valence-corrected chi connectivity index (χ4v) is 11.3. The number of carbonyl (C=O) groups excluding carboxylic acids is 4. The van der Waals surface area contributed by atoms with Gasteiger partial charge in [-0.25, -0.2) is 13.4 Å². The SMILES string of the molecule is Cc1cc(OCCCC(=O)NCCNC(=O)COCCOCCNC(=O)CN2CCN(CC(=O)O)CCC(CC(=O)O)CCN(CC(=O)O)CC2)cc(C)c1S(=O)(=O)N[C@H](CNC(=O)c1ccc(CCc2ccc3c(n2)NCCC3)cc1)C(=O)O. The molecule has 28 heteroatoms. The molecule has 27 nitrogen and oxygen atoms in total. The molecule has 1 aromatic heterocycles. The zero-order chi connectivity index (χ0) is 61.7. The molecule has 0 radical (unpaired) electrons. The van der Waals surface area contributed by atoms with Gasteiger partial charge in [0.15, 0.2) is 0 Å². The molecule has 0 saturated carbocycles. The third-order valence-electron chi connectivity index (χ3n) is 14.1. The highest BCUT2D eigenvalue weighted by Gasteiger charge is 2.29. The van der Waals surface area contributed by atoms with Crippen LogP contribution in [0.2, 0.25) is 0 Å². The summed E-state index contributed by atoms with van der Waals surface area (Å²) in [6.07, 6.45) is 4.65. The number of nitrogens with zero attached hydrogens (tertiary/aromatic N) is 4. The topological polar surface area (TPSA) is 374 Å². The summed E-state index contributed by atoms with van der Waals surface area (Å²) in [6, 6.07) is 12.3. The normalized spacial score (nSPS) is 15.2. The van der Waals surface area contributed by atoms with Crippen LogP contribution < -0.4 is 36.0 Å². The first kappa shape index (κ1) is 68.4. The fourth-order valence-electron chi connectivity index (χ4n) is 9.70. The van der Waals surface area contributed by atoms with E-state index in [1.807, 2.05) is 23.1 Å². The van der Waals surface area contributed by atoms with Gasteiger partial charge < -0.3 is 61.2 Å². The van der Waals surface area contributed by atoms with Gasteiger partial charge in [0, 0.05) is 83.0 Å². The number of benzene rings is 2. The molecule has 5 rings (SSSR count). The Balaban J connectivity index is 0.906. The van der Waals surface area contributed by atoms with Crippen LogP contribution in [-0.4, -0.2) is 227 Å². The van der Waals surface area contributed by atoms with E-state index in [2.05, 4.69) is 37.4 Å². The summed E-state index contributed by atoms with van der Waals surface area (Å²) in [6.45, 7) is 5.54. The smallest absolute Gasteiger partial charge is 0.323 e. The molecule has 2 aliphatic rings. The predicted octanol–water partition coefficient (Wildman–Crippen LogP) is 0.504. The van der Waals surface area contributed by atoms with E-state index in [4.69, 9.17) is 19.2 Å². The molecule has 4 amide bonds. The number of anilines is 1. The number of hydrogen-bond donors (Lipinski definition) is 10. The van der Waals surface area contributed by atoms with Crippen LogP contribution in [0.25, 0.3) is 0 Å². The number of fused-ring (bicyclic) bond motifs is 1. The maximum atomic E-state index is 13.6. The number of rotatable bonds is 34. The molecule has 1 saturated heterocycles. The number of aryl methyl sites for hydroxylation is 5. The Morgan fingerprint density at radius 2 is 1.29 bits per heavy atom. The first-order valence-corrected chi connectivity index (χ1v) is 30.0. The van der Waals surface area contributed by atoms with Crippen molar-refractivity contribution in [2.75, 3.05) is 130 Å². The lowest BCUT2D eigenvalue weighted by Gasteiger charge is -2.31. The van der Waals surface area contributed by atoms with Crippen molar-refractivity contribution < 1.29 is 81.4 Å². The summed E-state index contributed by atoms with van der Waals surface area (Å²) in [5, 5.41) is 52.2. The Bertz CT molecular complexity index is 2790. The summed E-state index contributed by atoms with van der Waals surface area (Å²) in [7, 11) is -4.39. The van der Waals surface area contributed by atoms with E-state index in [1.54, 1.807) is 21.9 Å². The standard InChI is InChI=1S/C57H82N10O17S/c1-39-31-46(32-40(2)54(39)85(80,81)64-47(57(78)79)34-62-56(77)44-10-7-41(8-11-44)9-13-45-14-12-43-5-3-17-61-55(43)63-45)84-27-4-6-48(68)58-18-19-59-50(70)38-83-30-29-82-28-20-60-49(69)35-67-25-23-65(36-52(73)74)21-15-42(33-51(71)72)16-22-66(24-26-67)37-53(75)76/h7-8,10-12,14,31-32,42,47,64H,3-6,9,13,15-30,33-38H2,1-2H3,(H,58,68)(H,59,70)(H,60,69)(H,61,63)(H,62,77)(H,71,72)(H,73,74)(H,75,76)(H,78,79)/t47-/m1/s1. The van der Waals surface area contributed by atoms with Gasteiger partial charge >= 0.3 is 23.9 Å². The molecule has 0 bridgehead atoms. The van der Waals surface area contributed by atoms with Crippen LogP contribution in [0.15, 0.2) is 53.4 Å². The van der Waals surface area contributed by atoms with E-state index < -0.39 is 58.3 Å². The maximum Gasteiger partial charge on any atom is 0.323 e. The Kier molecular flexibility index (Phi) is 28.9. The van der Waals surface area contributed by atoms with E-state index in [-0.39, 0.29) is 124 Å². The Morgan fingerprint density at radius 3 is 1.92 bits per heavy atom. The third-order valence-corrected chi connectivity index (χ3v) is 15.9. The molecule has 0 spiro atoms. The van der Waals surface area contributed by atoms with Gasteiger partial charge in [-0.1, -0.05) is 18.2 Å². The van der Waals surface area contributed by atoms with Crippen molar-refractivity contribution in [1.29, 1.82) is 0 Å². The van der Waals surface area contributed by atoms with Gasteiger partial charge in [0.2, 0.25) is 27.7 Å². The van der Waals surface area contributed by atoms with Gasteiger partial charge in [0.1, 0.15) is 24.2 Å². The van der Waals surface area contributed by atoms with Crippen LogP contribution in [-0.2, 0) is 72.3 Å². The summed E-state index contributed by atoms with van der Waals surface area (Å²) in [5.41, 5.74) is 4.01. The van der Waals surface area contributed by atoms with Crippen LogP contribution in [0.5, 0.6) is 5.75 Å². The van der Waals surface area contributed by atoms with Crippen molar-refractivity contribution in [2.45, 2.75) is 82.6 Å². The third kappa shape index (κ3) is 25.8. The number of ether oxygens (including phenoxy) is 3. The molecule has 3 aromatic rings. The zero-order valence-electron chi connectivity index (χ0n) is 48.4. The number of nitrogens with one attached hydrogen (secondary N) is 6. The van der Waals surface area contributed by atoms with Gasteiger partial charge in [0.25, 0.3) is 5.91 Å². The number of carboxylic acids is 4. The van der Waals surface area contributed by atoms with Crippen molar-refractivity contribution >= 4 is 63.3 Å². The molecular weight excluding hydrogens is 1130 g/mol. The van der Waals surface area contributed by atoms with E-state index in [0.29, 0.717) is 77.1 Å². The van der Waals surface area contributed by atoms with Crippen molar-refractivity contribution in [3.05, 3.63) is 82.0 Å². The van der Waals surface area contributed by atoms with Crippen molar-refractivity contribution in [1.82, 2.24) is 45.7 Å². The van der Waals surface area contributed by atoms with Gasteiger partial charge in [-0.05, 0) is 130 Å². The molecule has 2 aromatic carbocycles. The van der Waals surface area contributed by atoms with Gasteiger partial charge in [-0.2, -0.15) is 4.72 Å². The molecular formula is C57H82N10O17S. The lowest BCUT2D eigenvalue weighted by molar-refractivity contribution is -0.140. The summed E-state index contributed by atoms with van der Waals surface area (Å²) in [5.74, 6) is -5.09. The lowest BCUT2D eigenvalue weighted by Crippen LogP contribution is -2.48. The number of aliphatic carboxylic acids is 4. The number of hydrogen-bond acceptors (Lipinski definition) is 18. The maximum absolute atomic E-state index is 13.6. The molecule has 1 fully saturated rings. The molecule has 10 N–H and O–H groups in total. The molecule has 0 unspecified atom stereocenters. The number of pyridine rings is 1. The van der Waals surface area contributed by atoms with Gasteiger partial charge in [-0.15, -0.1) is 0 Å². The van der Waals surface area contributed by atoms with E-state index in [1.165, 1.54) is 31.5 Å². The molecule has 468 valence electrons. The highest BCUT2D eigenvalue weighted by atomic mass is 32.2. The molecule has 0 aliphatic carbocycles. The van der Waals surface area contributed by atoms with Crippen molar-refractivity contribution in [3.63, 3.8) is 0 Å². The molecule has 2 aliphatic heterocycles. The summed E-state index contributed by atoms with van der Waals surface area (Å²) >= 11 is 0.